The molecule has 2 heterocycles. The van der Waals surface area contributed by atoms with E-state index in [0.29, 0.717) is 26.5 Å². The lowest BCUT2D eigenvalue weighted by Crippen LogP contribution is -2.16. The Morgan fingerprint density at radius 3 is 2.59 bits per heavy atom. The summed E-state index contributed by atoms with van der Waals surface area (Å²) in [5, 5.41) is 6.57. The van der Waals surface area contributed by atoms with Crippen LogP contribution in [-0.2, 0) is 0 Å². The molecule has 5 nitrogen and oxygen atoms in total. The van der Waals surface area contributed by atoms with Crippen molar-refractivity contribution in [2.45, 2.75) is 9.99 Å². The Morgan fingerprint density at radius 1 is 1.03 bits per heavy atom. The Balaban J connectivity index is 1.42. The standard InChI is InChI=1S/C20H11BrCl2N2O3S/c21-16-9-14(27-20(16)29-15-4-1-12(22)2-5-15)10-24-25-19(26)18-8-11-7-13(23)3-6-17(11)28-18/h1-10H,(H,25,26)/b24-10+. The van der Waals surface area contributed by atoms with Crippen molar-refractivity contribution in [2.75, 3.05) is 0 Å². The number of nitrogens with zero attached hydrogens (tertiary/aromatic N) is 1. The molecule has 0 aliphatic rings. The van der Waals surface area contributed by atoms with Gasteiger partial charge in [0.15, 0.2) is 10.9 Å². The molecule has 0 fully saturated rings. The zero-order valence-corrected chi connectivity index (χ0v) is 18.4. The Morgan fingerprint density at radius 2 is 1.79 bits per heavy atom. The Hall–Kier alpha value is -2.19. The lowest BCUT2D eigenvalue weighted by atomic mass is 10.2. The molecule has 4 rings (SSSR count). The van der Waals surface area contributed by atoms with Gasteiger partial charge in [-0.15, -0.1) is 0 Å². The summed E-state index contributed by atoms with van der Waals surface area (Å²) in [4.78, 5) is 13.2. The fourth-order valence-electron chi connectivity index (χ4n) is 2.45. The van der Waals surface area contributed by atoms with Crippen LogP contribution >= 0.6 is 50.9 Å². The number of rotatable bonds is 5. The van der Waals surface area contributed by atoms with E-state index in [1.807, 2.05) is 24.3 Å². The quantitative estimate of drug-likeness (QED) is 0.232. The second-order valence-corrected chi connectivity index (χ2v) is 8.61. The molecule has 9 heteroatoms. The zero-order valence-electron chi connectivity index (χ0n) is 14.5. The number of halogens is 3. The van der Waals surface area contributed by atoms with Gasteiger partial charge >= 0.3 is 5.91 Å². The average Bonchev–Trinajstić information content (AvgIpc) is 3.26. The lowest BCUT2D eigenvalue weighted by Gasteiger charge is -1.98. The fourth-order valence-corrected chi connectivity index (χ4v) is 4.08. The number of nitrogens with one attached hydrogen (secondary N) is 1. The van der Waals surface area contributed by atoms with Gasteiger partial charge in [0.05, 0.1) is 10.7 Å². The maximum absolute atomic E-state index is 12.2. The first-order chi connectivity index (χ1) is 14.0. The Labute approximate surface area is 188 Å². The van der Waals surface area contributed by atoms with Crippen LogP contribution in [0, 0.1) is 0 Å². The molecular weight excluding hydrogens is 499 g/mol. The number of fused-ring (bicyclic) bond motifs is 1. The van der Waals surface area contributed by atoms with E-state index < -0.39 is 5.91 Å². The summed E-state index contributed by atoms with van der Waals surface area (Å²) < 4.78 is 12.0. The number of hydrogen-bond acceptors (Lipinski definition) is 5. The van der Waals surface area contributed by atoms with Gasteiger partial charge in [-0.05, 0) is 64.5 Å². The smallest absolute Gasteiger partial charge is 0.307 e. The van der Waals surface area contributed by atoms with Gasteiger partial charge < -0.3 is 8.83 Å². The normalized spacial score (nSPS) is 11.4. The maximum Gasteiger partial charge on any atom is 0.307 e. The van der Waals surface area contributed by atoms with Gasteiger partial charge in [-0.25, -0.2) is 5.43 Å². The molecule has 2 aromatic heterocycles. The van der Waals surface area contributed by atoms with Gasteiger partial charge in [0.25, 0.3) is 0 Å². The third kappa shape index (κ3) is 4.87. The SMILES string of the molecule is O=C(N/N=C/c1cc(Br)c(Sc2ccc(Cl)cc2)o1)c1cc2cc(Cl)ccc2o1. The number of amides is 1. The third-order valence-electron chi connectivity index (χ3n) is 3.76. The van der Waals surface area contributed by atoms with Gasteiger partial charge in [-0.1, -0.05) is 35.0 Å². The summed E-state index contributed by atoms with van der Waals surface area (Å²) in [6, 6.07) is 15.9. The van der Waals surface area contributed by atoms with Crippen molar-refractivity contribution in [2.24, 2.45) is 5.10 Å². The van der Waals surface area contributed by atoms with Crippen molar-refractivity contribution >= 4 is 74.0 Å². The molecule has 0 saturated carbocycles. The first-order valence-corrected chi connectivity index (χ1v) is 10.6. The molecule has 0 atom stereocenters. The molecule has 146 valence electrons. The fraction of sp³-hybridized carbons (Fsp3) is 0. The number of benzene rings is 2. The van der Waals surface area contributed by atoms with E-state index in [2.05, 4.69) is 26.5 Å². The van der Waals surface area contributed by atoms with Crippen molar-refractivity contribution in [3.63, 3.8) is 0 Å². The second kappa shape index (κ2) is 8.67. The number of furan rings is 2. The first kappa shape index (κ1) is 20.1. The van der Waals surface area contributed by atoms with Crippen LogP contribution in [0.15, 0.2) is 83.0 Å². The summed E-state index contributed by atoms with van der Waals surface area (Å²) >= 11 is 16.7. The number of carbonyl (C=O) groups is 1. The van der Waals surface area contributed by atoms with Gasteiger partial charge in [-0.3, -0.25) is 4.79 Å². The highest BCUT2D eigenvalue weighted by molar-refractivity contribution is 9.10. The zero-order chi connectivity index (χ0) is 20.4. The minimum atomic E-state index is -0.477. The largest absolute Gasteiger partial charge is 0.451 e. The van der Waals surface area contributed by atoms with Crippen molar-refractivity contribution in [3.8, 4) is 0 Å². The monoisotopic (exact) mass is 508 g/mol. The van der Waals surface area contributed by atoms with Crippen LogP contribution in [0.2, 0.25) is 10.0 Å². The van der Waals surface area contributed by atoms with Gasteiger partial charge in [0.1, 0.15) is 11.3 Å². The minimum Gasteiger partial charge on any atom is -0.451 e. The second-order valence-electron chi connectivity index (χ2n) is 5.83. The minimum absolute atomic E-state index is 0.138. The predicted molar refractivity (Wildman–Crippen MR) is 118 cm³/mol. The summed E-state index contributed by atoms with van der Waals surface area (Å²) in [7, 11) is 0. The molecule has 1 N–H and O–H groups in total. The van der Waals surface area contributed by atoms with E-state index in [1.165, 1.54) is 18.0 Å². The van der Waals surface area contributed by atoms with Crippen LogP contribution in [-0.4, -0.2) is 12.1 Å². The molecule has 4 aromatic rings. The molecule has 0 unspecified atom stereocenters. The first-order valence-electron chi connectivity index (χ1n) is 8.23. The predicted octanol–water partition coefficient (Wildman–Crippen LogP) is 7.01. The van der Waals surface area contributed by atoms with Gasteiger partial charge in [-0.2, -0.15) is 5.10 Å². The van der Waals surface area contributed by atoms with E-state index in [1.54, 1.807) is 30.3 Å². The molecule has 0 radical (unpaired) electrons. The van der Waals surface area contributed by atoms with Crippen LogP contribution in [0.25, 0.3) is 11.0 Å². The third-order valence-corrected chi connectivity index (χ3v) is 6.09. The molecule has 29 heavy (non-hydrogen) atoms. The van der Waals surface area contributed by atoms with Crippen LogP contribution in [0.4, 0.5) is 0 Å². The molecule has 1 amide bonds. The van der Waals surface area contributed by atoms with E-state index in [4.69, 9.17) is 32.0 Å². The number of carbonyl (C=O) groups excluding carboxylic acids is 1. The molecule has 0 saturated heterocycles. The number of hydrogen-bond donors (Lipinski definition) is 1. The van der Waals surface area contributed by atoms with Crippen LogP contribution in [0.1, 0.15) is 16.3 Å². The lowest BCUT2D eigenvalue weighted by molar-refractivity contribution is 0.0929. The molecule has 0 bridgehead atoms. The van der Waals surface area contributed by atoms with Crippen molar-refractivity contribution in [1.29, 1.82) is 0 Å². The topological polar surface area (TPSA) is 67.7 Å². The molecular formula is C20H11BrCl2N2O3S. The summed E-state index contributed by atoms with van der Waals surface area (Å²) in [5.74, 6) is 0.138. The highest BCUT2D eigenvalue weighted by Gasteiger charge is 2.13. The summed E-state index contributed by atoms with van der Waals surface area (Å²) in [5.41, 5.74) is 2.99. The van der Waals surface area contributed by atoms with Crippen LogP contribution in [0.5, 0.6) is 0 Å². The van der Waals surface area contributed by atoms with E-state index in [0.717, 1.165) is 14.8 Å². The number of hydrazone groups is 1. The average molecular weight is 510 g/mol. The van der Waals surface area contributed by atoms with Crippen molar-refractivity contribution in [1.82, 2.24) is 5.43 Å². The van der Waals surface area contributed by atoms with Gasteiger partial charge in [0, 0.05) is 26.4 Å². The van der Waals surface area contributed by atoms with Gasteiger partial charge in [0.2, 0.25) is 0 Å². The van der Waals surface area contributed by atoms with E-state index in [9.17, 15) is 4.79 Å². The van der Waals surface area contributed by atoms with Crippen molar-refractivity contribution < 1.29 is 13.6 Å². The highest BCUT2D eigenvalue weighted by atomic mass is 79.9. The maximum atomic E-state index is 12.2. The van der Waals surface area contributed by atoms with Crippen molar-refractivity contribution in [3.05, 3.63) is 80.6 Å². The summed E-state index contributed by atoms with van der Waals surface area (Å²) in [6.07, 6.45) is 1.41. The summed E-state index contributed by atoms with van der Waals surface area (Å²) in [6.45, 7) is 0. The Bertz CT molecular complexity index is 1220. The molecule has 0 spiro atoms. The van der Waals surface area contributed by atoms with Crippen LogP contribution < -0.4 is 5.43 Å². The Kier molecular flexibility index (Phi) is 6.01. The molecule has 0 aliphatic heterocycles. The molecule has 0 aliphatic carbocycles. The molecule has 2 aromatic carbocycles. The van der Waals surface area contributed by atoms with Crippen LogP contribution in [0.3, 0.4) is 0 Å². The highest BCUT2D eigenvalue weighted by Crippen LogP contribution is 2.36. The van der Waals surface area contributed by atoms with E-state index >= 15 is 0 Å². The van der Waals surface area contributed by atoms with E-state index in [-0.39, 0.29) is 5.76 Å².